The molecule has 2 aromatic heterocycles. The standard InChI is InChI=1S/C21H25F2N7O2/c1-15(2)19(28-32-8-7-29-13-24-11-26-29)20(5-6-20)21(31,10-30-14-25-12-27-30)17-4-3-16(22)9-18(17)23/h3-4,9,11-15,31H,5-8,10H2,1-2H3. The van der Waals surface area contributed by atoms with E-state index >= 15 is 0 Å². The van der Waals surface area contributed by atoms with Crippen LogP contribution in [0.2, 0.25) is 0 Å². The Balaban J connectivity index is 1.68. The van der Waals surface area contributed by atoms with Gasteiger partial charge in [-0.25, -0.2) is 28.1 Å². The molecule has 2 heterocycles. The first kappa shape index (κ1) is 22.0. The van der Waals surface area contributed by atoms with Gasteiger partial charge in [0.1, 0.15) is 49.2 Å². The minimum atomic E-state index is -1.74. The van der Waals surface area contributed by atoms with Gasteiger partial charge in [-0.2, -0.15) is 10.2 Å². The van der Waals surface area contributed by atoms with Gasteiger partial charge >= 0.3 is 0 Å². The van der Waals surface area contributed by atoms with Gasteiger partial charge in [0, 0.05) is 17.0 Å². The topological polar surface area (TPSA) is 103 Å². The molecule has 0 amide bonds. The molecule has 170 valence electrons. The van der Waals surface area contributed by atoms with Crippen molar-refractivity contribution in [3.63, 3.8) is 0 Å². The summed E-state index contributed by atoms with van der Waals surface area (Å²) in [5.41, 5.74) is -2.03. The van der Waals surface area contributed by atoms with Crippen LogP contribution in [-0.4, -0.2) is 47.0 Å². The highest BCUT2D eigenvalue weighted by Gasteiger charge is 2.64. The number of rotatable bonds is 10. The molecule has 1 unspecified atom stereocenters. The Morgan fingerprint density at radius 3 is 2.44 bits per heavy atom. The van der Waals surface area contributed by atoms with Gasteiger partial charge in [0.2, 0.25) is 0 Å². The van der Waals surface area contributed by atoms with Crippen LogP contribution in [0.3, 0.4) is 0 Å². The van der Waals surface area contributed by atoms with Crippen molar-refractivity contribution in [3.8, 4) is 0 Å². The number of aliphatic hydroxyl groups is 1. The van der Waals surface area contributed by atoms with Crippen LogP contribution in [-0.2, 0) is 23.5 Å². The Labute approximate surface area is 183 Å². The van der Waals surface area contributed by atoms with Crippen molar-refractivity contribution in [1.82, 2.24) is 29.5 Å². The molecule has 0 spiro atoms. The van der Waals surface area contributed by atoms with Crippen molar-refractivity contribution in [1.29, 1.82) is 0 Å². The molecule has 0 radical (unpaired) electrons. The van der Waals surface area contributed by atoms with Gasteiger partial charge in [-0.3, -0.25) is 0 Å². The summed E-state index contributed by atoms with van der Waals surface area (Å²) in [6.07, 6.45) is 6.93. The minimum absolute atomic E-state index is 0.0112. The lowest BCUT2D eigenvalue weighted by Gasteiger charge is -2.39. The average Bonchev–Trinajstić information content (AvgIpc) is 3.12. The van der Waals surface area contributed by atoms with E-state index in [-0.39, 0.29) is 24.6 Å². The molecular weight excluding hydrogens is 420 g/mol. The van der Waals surface area contributed by atoms with Crippen molar-refractivity contribution in [2.24, 2.45) is 16.5 Å². The van der Waals surface area contributed by atoms with Crippen LogP contribution in [0.15, 0.2) is 48.7 Å². The summed E-state index contributed by atoms with van der Waals surface area (Å²) in [5, 5.41) is 24.5. The lowest BCUT2D eigenvalue weighted by molar-refractivity contribution is -0.0357. The summed E-state index contributed by atoms with van der Waals surface area (Å²) in [7, 11) is 0. The van der Waals surface area contributed by atoms with Crippen molar-refractivity contribution in [2.45, 2.75) is 45.4 Å². The predicted molar refractivity (Wildman–Crippen MR) is 110 cm³/mol. The number of aromatic nitrogens is 6. The summed E-state index contributed by atoms with van der Waals surface area (Å²) in [4.78, 5) is 13.4. The van der Waals surface area contributed by atoms with Gasteiger partial charge in [-0.15, -0.1) is 0 Å². The summed E-state index contributed by atoms with van der Waals surface area (Å²) in [6, 6.07) is 3.20. The summed E-state index contributed by atoms with van der Waals surface area (Å²) < 4.78 is 31.6. The summed E-state index contributed by atoms with van der Waals surface area (Å²) in [5.74, 6) is -1.63. The van der Waals surface area contributed by atoms with Crippen LogP contribution in [0.25, 0.3) is 0 Å². The first-order valence-electron chi connectivity index (χ1n) is 10.4. The molecule has 1 saturated carbocycles. The maximum absolute atomic E-state index is 14.9. The summed E-state index contributed by atoms with van der Waals surface area (Å²) >= 11 is 0. The van der Waals surface area contributed by atoms with Crippen LogP contribution in [0, 0.1) is 23.0 Å². The van der Waals surface area contributed by atoms with Crippen molar-refractivity contribution in [3.05, 3.63) is 60.7 Å². The molecule has 4 rings (SSSR count). The lowest BCUT2D eigenvalue weighted by atomic mass is 9.72. The Kier molecular flexibility index (Phi) is 6.00. The van der Waals surface area contributed by atoms with Gasteiger partial charge < -0.3 is 9.94 Å². The van der Waals surface area contributed by atoms with E-state index in [9.17, 15) is 13.9 Å². The van der Waals surface area contributed by atoms with E-state index < -0.39 is 22.7 Å². The number of halogens is 2. The van der Waals surface area contributed by atoms with Gasteiger partial charge in [-0.05, 0) is 24.8 Å². The highest BCUT2D eigenvalue weighted by atomic mass is 19.1. The highest BCUT2D eigenvalue weighted by molar-refractivity contribution is 5.95. The molecule has 0 saturated heterocycles. The zero-order valence-corrected chi connectivity index (χ0v) is 17.9. The van der Waals surface area contributed by atoms with E-state index in [2.05, 4.69) is 25.3 Å². The number of hydrogen-bond acceptors (Lipinski definition) is 7. The quantitative estimate of drug-likeness (QED) is 0.292. The first-order chi connectivity index (χ1) is 15.4. The van der Waals surface area contributed by atoms with E-state index in [4.69, 9.17) is 4.84 Å². The second-order valence-corrected chi connectivity index (χ2v) is 8.28. The number of benzene rings is 1. The van der Waals surface area contributed by atoms with Crippen molar-refractivity contribution < 1.29 is 18.7 Å². The second kappa shape index (κ2) is 8.73. The van der Waals surface area contributed by atoms with Crippen LogP contribution < -0.4 is 0 Å². The van der Waals surface area contributed by atoms with Crippen LogP contribution in [0.5, 0.6) is 0 Å². The van der Waals surface area contributed by atoms with E-state index in [1.54, 1.807) is 11.0 Å². The maximum atomic E-state index is 14.9. The van der Waals surface area contributed by atoms with Gasteiger partial charge in [0.05, 0.1) is 18.8 Å². The Hall–Kier alpha value is -3.21. The van der Waals surface area contributed by atoms with Crippen molar-refractivity contribution >= 4 is 5.71 Å². The molecule has 9 nitrogen and oxygen atoms in total. The Morgan fingerprint density at radius 1 is 1.19 bits per heavy atom. The van der Waals surface area contributed by atoms with Crippen LogP contribution in [0.4, 0.5) is 8.78 Å². The minimum Gasteiger partial charge on any atom is -0.394 e. The molecule has 11 heteroatoms. The fourth-order valence-corrected chi connectivity index (χ4v) is 4.22. The fraction of sp³-hybridized carbons (Fsp3) is 0.476. The molecule has 1 N–H and O–H groups in total. The average molecular weight is 445 g/mol. The lowest BCUT2D eigenvalue weighted by Crippen LogP contribution is -2.47. The summed E-state index contributed by atoms with van der Waals surface area (Å²) in [6.45, 7) is 4.52. The molecule has 1 atom stereocenters. The van der Waals surface area contributed by atoms with Gasteiger partial charge in [0.25, 0.3) is 0 Å². The normalized spacial score (nSPS) is 17.4. The smallest absolute Gasteiger partial charge is 0.137 e. The number of oxime groups is 1. The fourth-order valence-electron chi connectivity index (χ4n) is 4.22. The Bertz CT molecular complexity index is 1070. The molecule has 1 fully saturated rings. The van der Waals surface area contributed by atoms with Crippen LogP contribution >= 0.6 is 0 Å². The highest BCUT2D eigenvalue weighted by Crippen LogP contribution is 2.61. The zero-order chi connectivity index (χ0) is 22.8. The largest absolute Gasteiger partial charge is 0.394 e. The predicted octanol–water partition coefficient (Wildman–Crippen LogP) is 2.54. The van der Waals surface area contributed by atoms with E-state index in [1.807, 2.05) is 13.8 Å². The monoisotopic (exact) mass is 445 g/mol. The maximum Gasteiger partial charge on any atom is 0.137 e. The molecule has 32 heavy (non-hydrogen) atoms. The molecular formula is C21H25F2N7O2. The molecule has 1 aliphatic carbocycles. The molecule has 3 aromatic rings. The molecule has 1 aromatic carbocycles. The third-order valence-electron chi connectivity index (χ3n) is 5.85. The van der Waals surface area contributed by atoms with Gasteiger partial charge in [-0.1, -0.05) is 25.1 Å². The molecule has 1 aliphatic rings. The van der Waals surface area contributed by atoms with Crippen LogP contribution in [0.1, 0.15) is 32.3 Å². The zero-order valence-electron chi connectivity index (χ0n) is 17.9. The third kappa shape index (κ3) is 4.12. The van der Waals surface area contributed by atoms with Gasteiger partial charge in [0.15, 0.2) is 0 Å². The molecule has 0 bridgehead atoms. The van der Waals surface area contributed by atoms with E-state index in [1.165, 1.54) is 29.7 Å². The number of hydrogen-bond donors (Lipinski definition) is 1. The van der Waals surface area contributed by atoms with Crippen molar-refractivity contribution in [2.75, 3.05) is 6.61 Å². The number of nitrogens with zero attached hydrogens (tertiary/aromatic N) is 7. The van der Waals surface area contributed by atoms with E-state index in [0.717, 1.165) is 12.1 Å². The molecule has 0 aliphatic heterocycles. The third-order valence-corrected chi connectivity index (χ3v) is 5.85. The SMILES string of the molecule is CC(C)C(=NOCCn1cncn1)C1(C(O)(Cn2cncn2)c2ccc(F)cc2F)CC1. The first-order valence-corrected chi connectivity index (χ1v) is 10.4. The second-order valence-electron chi connectivity index (χ2n) is 8.28. The Morgan fingerprint density at radius 2 is 1.88 bits per heavy atom. The van der Waals surface area contributed by atoms with E-state index in [0.29, 0.717) is 25.1 Å².